The van der Waals surface area contributed by atoms with E-state index in [2.05, 4.69) is 5.32 Å². The fourth-order valence-corrected chi connectivity index (χ4v) is 3.42. The zero-order chi connectivity index (χ0) is 25.0. The van der Waals surface area contributed by atoms with E-state index in [9.17, 15) is 34.6 Å². The van der Waals surface area contributed by atoms with Crippen LogP contribution in [0.1, 0.15) is 12.0 Å². The molecule has 1 fully saturated rings. The van der Waals surface area contributed by atoms with Gasteiger partial charge in [0.1, 0.15) is 11.4 Å². The lowest BCUT2D eigenvalue weighted by atomic mass is 10.1. The van der Waals surface area contributed by atoms with E-state index in [1.54, 1.807) is 13.0 Å². The molecule has 1 atom stereocenters. The Labute approximate surface area is 192 Å². The Morgan fingerprint density at radius 3 is 2.47 bits per heavy atom. The largest absolute Gasteiger partial charge is 0.497 e. The fourth-order valence-electron chi connectivity index (χ4n) is 3.42. The van der Waals surface area contributed by atoms with Gasteiger partial charge in [-0.25, -0.2) is 0 Å². The Balaban J connectivity index is 1.61. The van der Waals surface area contributed by atoms with Gasteiger partial charge in [-0.1, -0.05) is 6.07 Å². The van der Waals surface area contributed by atoms with Gasteiger partial charge in [-0.3, -0.25) is 34.6 Å². The number of hydrogen-bond acceptors (Lipinski definition) is 9. The number of hydrogen-bond donors (Lipinski definition) is 1. The summed E-state index contributed by atoms with van der Waals surface area (Å²) in [5.74, 6) is -2.66. The van der Waals surface area contributed by atoms with E-state index in [-0.39, 0.29) is 41.5 Å². The summed E-state index contributed by atoms with van der Waals surface area (Å²) in [7, 11) is 1.36. The first-order valence-electron chi connectivity index (χ1n) is 9.95. The van der Waals surface area contributed by atoms with E-state index in [1.165, 1.54) is 36.3 Å². The smallest absolute Gasteiger partial charge is 0.311 e. The number of nitrogens with zero attached hydrogens (tertiary/aromatic N) is 3. The van der Waals surface area contributed by atoms with Crippen molar-refractivity contribution in [1.82, 2.24) is 0 Å². The van der Waals surface area contributed by atoms with Gasteiger partial charge in [0.05, 0.1) is 28.6 Å². The maximum Gasteiger partial charge on any atom is 0.311 e. The van der Waals surface area contributed by atoms with Crippen molar-refractivity contribution in [3.63, 3.8) is 0 Å². The number of nitro benzene ring substituents is 2. The monoisotopic (exact) mass is 472 g/mol. The molecule has 13 nitrogen and oxygen atoms in total. The van der Waals surface area contributed by atoms with Crippen molar-refractivity contribution < 1.29 is 33.7 Å². The molecule has 2 aromatic carbocycles. The van der Waals surface area contributed by atoms with Crippen LogP contribution in [-0.4, -0.2) is 47.9 Å². The third-order valence-corrected chi connectivity index (χ3v) is 5.18. The Bertz CT molecular complexity index is 1180. The van der Waals surface area contributed by atoms with Gasteiger partial charge < -0.3 is 19.7 Å². The lowest BCUT2D eigenvalue weighted by Gasteiger charge is -2.16. The zero-order valence-electron chi connectivity index (χ0n) is 18.2. The number of esters is 1. The van der Waals surface area contributed by atoms with Crippen LogP contribution in [0.5, 0.6) is 5.75 Å². The van der Waals surface area contributed by atoms with Crippen LogP contribution in [0.3, 0.4) is 0 Å². The van der Waals surface area contributed by atoms with E-state index >= 15 is 0 Å². The van der Waals surface area contributed by atoms with Gasteiger partial charge >= 0.3 is 5.97 Å². The predicted octanol–water partition coefficient (Wildman–Crippen LogP) is 2.35. The second-order valence-electron chi connectivity index (χ2n) is 7.43. The van der Waals surface area contributed by atoms with Gasteiger partial charge in [-0.2, -0.15) is 0 Å². The van der Waals surface area contributed by atoms with Crippen molar-refractivity contribution in [3.05, 3.63) is 62.2 Å². The Kier molecular flexibility index (Phi) is 7.04. The van der Waals surface area contributed by atoms with Gasteiger partial charge in [0, 0.05) is 36.7 Å². The molecule has 1 aliphatic rings. The highest BCUT2D eigenvalue weighted by molar-refractivity contribution is 6.00. The van der Waals surface area contributed by atoms with Crippen LogP contribution in [0.15, 0.2) is 36.4 Å². The second-order valence-corrected chi connectivity index (χ2v) is 7.43. The number of amides is 2. The van der Waals surface area contributed by atoms with E-state index in [1.807, 2.05) is 0 Å². The number of carbonyl (C=O) groups is 3. The summed E-state index contributed by atoms with van der Waals surface area (Å²) in [5, 5.41) is 24.6. The first-order valence-corrected chi connectivity index (χ1v) is 9.95. The summed E-state index contributed by atoms with van der Waals surface area (Å²) in [6, 6.07) is 8.09. The number of aryl methyl sites for hydroxylation is 1. The number of anilines is 2. The SMILES string of the molecule is COc1ccc([N+](=O)[O-])c(NC(=O)COC(=O)[C@H]2CC(=O)N(c3ccc(C)c([N+](=O)[O-])c3)C2)c1. The normalized spacial score (nSPS) is 15.1. The standard InChI is InChI=1S/C21H20N4O9/c1-12-3-4-14(8-18(12)25(31)32)23-10-13(7-20(23)27)21(28)34-11-19(26)22-16-9-15(33-2)5-6-17(16)24(29)30/h3-6,8-9,13H,7,10-11H2,1-2H3,(H,22,26)/t13-/m0/s1. The summed E-state index contributed by atoms with van der Waals surface area (Å²) in [6.07, 6.45) is -0.191. The van der Waals surface area contributed by atoms with Crippen LogP contribution in [0.4, 0.5) is 22.7 Å². The van der Waals surface area contributed by atoms with Crippen molar-refractivity contribution in [3.8, 4) is 5.75 Å². The predicted molar refractivity (Wildman–Crippen MR) is 118 cm³/mol. The van der Waals surface area contributed by atoms with Crippen LogP contribution in [0, 0.1) is 33.1 Å². The molecule has 0 aliphatic carbocycles. The molecular formula is C21H20N4O9. The third-order valence-electron chi connectivity index (χ3n) is 5.18. The maximum absolute atomic E-state index is 12.4. The topological polar surface area (TPSA) is 171 Å². The minimum Gasteiger partial charge on any atom is -0.497 e. The Morgan fingerprint density at radius 1 is 1.12 bits per heavy atom. The Hall–Kier alpha value is -4.55. The number of benzene rings is 2. The molecule has 2 aromatic rings. The van der Waals surface area contributed by atoms with Crippen LogP contribution in [0.2, 0.25) is 0 Å². The van der Waals surface area contributed by atoms with Crippen molar-refractivity contribution in [2.75, 3.05) is 30.5 Å². The van der Waals surface area contributed by atoms with E-state index in [0.29, 0.717) is 5.56 Å². The highest BCUT2D eigenvalue weighted by Gasteiger charge is 2.37. The van der Waals surface area contributed by atoms with Gasteiger partial charge in [0.2, 0.25) is 5.91 Å². The molecule has 0 aromatic heterocycles. The molecule has 1 saturated heterocycles. The minimum absolute atomic E-state index is 0.0686. The number of nitro groups is 2. The molecule has 1 aliphatic heterocycles. The number of methoxy groups -OCH3 is 1. The molecule has 13 heteroatoms. The molecule has 0 bridgehead atoms. The lowest BCUT2D eigenvalue weighted by Crippen LogP contribution is -2.28. The number of rotatable bonds is 8. The molecule has 34 heavy (non-hydrogen) atoms. The molecule has 1 N–H and O–H groups in total. The van der Waals surface area contributed by atoms with Gasteiger partial charge in [-0.05, 0) is 19.1 Å². The summed E-state index contributed by atoms with van der Waals surface area (Å²) >= 11 is 0. The zero-order valence-corrected chi connectivity index (χ0v) is 18.2. The summed E-state index contributed by atoms with van der Waals surface area (Å²) in [4.78, 5) is 59.3. The minimum atomic E-state index is -0.883. The average Bonchev–Trinajstić information content (AvgIpc) is 3.19. The first kappa shape index (κ1) is 24.1. The first-order chi connectivity index (χ1) is 16.1. The second kappa shape index (κ2) is 9.94. The van der Waals surface area contributed by atoms with Gasteiger partial charge in [0.15, 0.2) is 6.61 Å². The number of carbonyl (C=O) groups excluding carboxylic acids is 3. The van der Waals surface area contributed by atoms with Crippen molar-refractivity contribution in [2.45, 2.75) is 13.3 Å². The highest BCUT2D eigenvalue weighted by atomic mass is 16.6. The quantitative estimate of drug-likeness (QED) is 0.344. The van der Waals surface area contributed by atoms with E-state index in [0.717, 1.165) is 6.07 Å². The van der Waals surface area contributed by atoms with Crippen molar-refractivity contribution >= 4 is 40.5 Å². The molecule has 0 unspecified atom stereocenters. The number of ether oxygens (including phenoxy) is 2. The lowest BCUT2D eigenvalue weighted by molar-refractivity contribution is -0.385. The molecule has 2 amide bonds. The van der Waals surface area contributed by atoms with Crippen LogP contribution < -0.4 is 15.0 Å². The van der Waals surface area contributed by atoms with Crippen molar-refractivity contribution in [1.29, 1.82) is 0 Å². The molecule has 3 rings (SSSR count). The van der Waals surface area contributed by atoms with E-state index in [4.69, 9.17) is 9.47 Å². The van der Waals surface area contributed by atoms with Crippen LogP contribution >= 0.6 is 0 Å². The molecule has 178 valence electrons. The Morgan fingerprint density at radius 2 is 1.82 bits per heavy atom. The summed E-state index contributed by atoms with van der Waals surface area (Å²) in [6.45, 7) is 0.772. The highest BCUT2D eigenvalue weighted by Crippen LogP contribution is 2.31. The molecule has 0 spiro atoms. The fraction of sp³-hybridized carbons (Fsp3) is 0.286. The summed E-state index contributed by atoms with van der Waals surface area (Å²) < 4.78 is 9.98. The van der Waals surface area contributed by atoms with Crippen LogP contribution in [-0.2, 0) is 19.1 Å². The summed E-state index contributed by atoms with van der Waals surface area (Å²) in [5.41, 5.74) is 0.0530. The number of nitrogens with one attached hydrogen (secondary N) is 1. The van der Waals surface area contributed by atoms with E-state index < -0.39 is 40.2 Å². The average molecular weight is 472 g/mol. The molecular weight excluding hydrogens is 452 g/mol. The molecule has 1 heterocycles. The van der Waals surface area contributed by atoms with Gasteiger partial charge in [-0.15, -0.1) is 0 Å². The maximum atomic E-state index is 12.4. The van der Waals surface area contributed by atoms with Crippen molar-refractivity contribution in [2.24, 2.45) is 5.92 Å². The molecule has 0 radical (unpaired) electrons. The van der Waals surface area contributed by atoms with Gasteiger partial charge in [0.25, 0.3) is 17.3 Å². The third kappa shape index (κ3) is 5.26. The molecule has 0 saturated carbocycles. The van der Waals surface area contributed by atoms with Crippen LogP contribution in [0.25, 0.3) is 0 Å².